The third kappa shape index (κ3) is 2.13. The molecule has 1 aromatic carbocycles. The summed E-state index contributed by atoms with van der Waals surface area (Å²) < 4.78 is 16.8. The summed E-state index contributed by atoms with van der Waals surface area (Å²) in [4.78, 5) is 1.19. The van der Waals surface area contributed by atoms with Crippen molar-refractivity contribution < 1.29 is 14.2 Å². The third-order valence-electron chi connectivity index (χ3n) is 2.75. The number of thioether (sulfide) groups is 1. The largest absolute Gasteiger partial charge is 0.481 e. The van der Waals surface area contributed by atoms with E-state index in [0.29, 0.717) is 5.94 Å². The molecule has 3 nitrogen and oxygen atoms in total. The maximum absolute atomic E-state index is 5.77. The van der Waals surface area contributed by atoms with E-state index in [2.05, 4.69) is 0 Å². The first-order valence-corrected chi connectivity index (χ1v) is 6.58. The second-order valence-corrected chi connectivity index (χ2v) is 4.89. The Hall–Kier alpha value is -0.870. The second kappa shape index (κ2) is 4.55. The van der Waals surface area contributed by atoms with Gasteiger partial charge in [0.15, 0.2) is 6.29 Å². The van der Waals surface area contributed by atoms with Gasteiger partial charge in [-0.1, -0.05) is 11.8 Å². The van der Waals surface area contributed by atoms with E-state index in [1.165, 1.54) is 11.3 Å². The molecule has 3 rings (SSSR count). The molecule has 0 amide bonds. The Morgan fingerprint density at radius 1 is 1.31 bits per heavy atom. The van der Waals surface area contributed by atoms with Crippen molar-refractivity contribution in [2.75, 3.05) is 12.5 Å². The molecule has 1 atom stereocenters. The lowest BCUT2D eigenvalue weighted by Gasteiger charge is -2.23. The third-order valence-corrected chi connectivity index (χ3v) is 3.63. The van der Waals surface area contributed by atoms with Gasteiger partial charge in [-0.05, 0) is 25.0 Å². The van der Waals surface area contributed by atoms with Crippen molar-refractivity contribution in [3.05, 3.63) is 18.2 Å². The molecule has 2 aliphatic heterocycles. The normalized spacial score (nSPS) is 23.6. The average Bonchev–Trinajstić information content (AvgIpc) is 2.77. The lowest BCUT2D eigenvalue weighted by molar-refractivity contribution is -0.105. The first-order chi connectivity index (χ1) is 7.92. The van der Waals surface area contributed by atoms with Gasteiger partial charge in [0.05, 0.1) is 11.5 Å². The minimum Gasteiger partial charge on any atom is -0.481 e. The molecular formula is C12H14O3S. The van der Waals surface area contributed by atoms with Crippen molar-refractivity contribution in [2.24, 2.45) is 0 Å². The van der Waals surface area contributed by atoms with Gasteiger partial charge in [-0.2, -0.15) is 0 Å². The Morgan fingerprint density at radius 3 is 3.19 bits per heavy atom. The number of fused-ring (bicyclic) bond motifs is 1. The van der Waals surface area contributed by atoms with E-state index >= 15 is 0 Å². The first kappa shape index (κ1) is 10.3. The maximum Gasteiger partial charge on any atom is 0.199 e. The molecule has 2 heterocycles. The summed E-state index contributed by atoms with van der Waals surface area (Å²) >= 11 is 1.71. The van der Waals surface area contributed by atoms with Crippen molar-refractivity contribution in [3.63, 3.8) is 0 Å². The predicted octanol–water partition coefficient (Wildman–Crippen LogP) is 3.03. The molecule has 0 radical (unpaired) electrons. The van der Waals surface area contributed by atoms with Gasteiger partial charge in [0.2, 0.25) is 0 Å². The Labute approximate surface area is 99.1 Å². The fourth-order valence-corrected chi connectivity index (χ4v) is 2.64. The van der Waals surface area contributed by atoms with Crippen LogP contribution in [-0.2, 0) is 4.74 Å². The van der Waals surface area contributed by atoms with E-state index in [0.717, 1.165) is 30.9 Å². The number of rotatable bonds is 2. The Bertz CT molecular complexity index is 375. The first-order valence-electron chi connectivity index (χ1n) is 5.60. The van der Waals surface area contributed by atoms with Crippen molar-refractivity contribution >= 4 is 11.8 Å². The molecule has 0 saturated carbocycles. The Balaban J connectivity index is 1.69. The molecular weight excluding hydrogens is 224 g/mol. The summed E-state index contributed by atoms with van der Waals surface area (Å²) in [5, 5.41) is 0. The second-order valence-electron chi connectivity index (χ2n) is 3.93. The van der Waals surface area contributed by atoms with E-state index in [4.69, 9.17) is 14.2 Å². The van der Waals surface area contributed by atoms with E-state index in [-0.39, 0.29) is 6.29 Å². The van der Waals surface area contributed by atoms with Crippen LogP contribution in [0.5, 0.6) is 11.5 Å². The number of benzene rings is 1. The molecule has 0 aromatic heterocycles. The standard InChI is InChI=1S/C12H14O3S/c1-2-6-13-12(3-1)15-9-4-5-11-10(7-9)14-8-16-11/h4-5,7,12H,1-3,6,8H2. The molecule has 0 spiro atoms. The van der Waals surface area contributed by atoms with E-state index in [1.54, 1.807) is 11.8 Å². The lowest BCUT2D eigenvalue weighted by Crippen LogP contribution is -2.24. The van der Waals surface area contributed by atoms with E-state index < -0.39 is 0 Å². The van der Waals surface area contributed by atoms with Crippen molar-refractivity contribution in [3.8, 4) is 11.5 Å². The predicted molar refractivity (Wildman–Crippen MR) is 62.0 cm³/mol. The highest BCUT2D eigenvalue weighted by Gasteiger charge is 2.17. The van der Waals surface area contributed by atoms with Crippen LogP contribution in [-0.4, -0.2) is 18.8 Å². The number of hydrogen-bond acceptors (Lipinski definition) is 4. The van der Waals surface area contributed by atoms with Crippen LogP contribution in [0.2, 0.25) is 0 Å². The van der Waals surface area contributed by atoms with Gasteiger partial charge in [0.25, 0.3) is 0 Å². The Morgan fingerprint density at radius 2 is 2.31 bits per heavy atom. The van der Waals surface area contributed by atoms with Crippen LogP contribution in [0.3, 0.4) is 0 Å². The maximum atomic E-state index is 5.77. The zero-order valence-electron chi connectivity index (χ0n) is 8.98. The highest BCUT2D eigenvalue weighted by atomic mass is 32.2. The number of hydrogen-bond donors (Lipinski definition) is 0. The zero-order chi connectivity index (χ0) is 10.8. The molecule has 0 N–H and O–H groups in total. The van der Waals surface area contributed by atoms with Crippen molar-refractivity contribution in [1.29, 1.82) is 0 Å². The van der Waals surface area contributed by atoms with Gasteiger partial charge in [-0.3, -0.25) is 0 Å². The summed E-state index contributed by atoms with van der Waals surface area (Å²) in [6, 6.07) is 5.98. The molecule has 1 fully saturated rings. The lowest BCUT2D eigenvalue weighted by atomic mass is 10.2. The summed E-state index contributed by atoms with van der Waals surface area (Å²) in [5.41, 5.74) is 0. The summed E-state index contributed by atoms with van der Waals surface area (Å²) in [7, 11) is 0. The fraction of sp³-hybridized carbons (Fsp3) is 0.500. The fourth-order valence-electron chi connectivity index (χ4n) is 1.91. The zero-order valence-corrected chi connectivity index (χ0v) is 9.79. The number of ether oxygens (including phenoxy) is 3. The van der Waals surface area contributed by atoms with Gasteiger partial charge in [0, 0.05) is 12.5 Å². The van der Waals surface area contributed by atoms with Gasteiger partial charge >= 0.3 is 0 Å². The molecule has 1 saturated heterocycles. The molecule has 2 aliphatic rings. The summed E-state index contributed by atoms with van der Waals surface area (Å²) in [5.74, 6) is 2.48. The van der Waals surface area contributed by atoms with Gasteiger partial charge in [0.1, 0.15) is 17.4 Å². The van der Waals surface area contributed by atoms with Crippen LogP contribution in [0.4, 0.5) is 0 Å². The summed E-state index contributed by atoms with van der Waals surface area (Å²) in [6.45, 7) is 0.807. The van der Waals surface area contributed by atoms with Crippen LogP contribution in [0.15, 0.2) is 23.1 Å². The van der Waals surface area contributed by atoms with Crippen LogP contribution in [0.25, 0.3) is 0 Å². The van der Waals surface area contributed by atoms with Crippen LogP contribution in [0.1, 0.15) is 19.3 Å². The molecule has 0 aliphatic carbocycles. The van der Waals surface area contributed by atoms with E-state index in [9.17, 15) is 0 Å². The monoisotopic (exact) mass is 238 g/mol. The summed E-state index contributed by atoms with van der Waals surface area (Å²) in [6.07, 6.45) is 3.22. The minimum absolute atomic E-state index is 0.0825. The molecule has 1 aromatic rings. The smallest absolute Gasteiger partial charge is 0.199 e. The van der Waals surface area contributed by atoms with E-state index in [1.807, 2.05) is 18.2 Å². The van der Waals surface area contributed by atoms with Crippen LogP contribution >= 0.6 is 11.8 Å². The average molecular weight is 238 g/mol. The topological polar surface area (TPSA) is 27.7 Å². The van der Waals surface area contributed by atoms with Gasteiger partial charge in [-0.15, -0.1) is 0 Å². The SMILES string of the molecule is c1cc2c(cc1OC1CCCCO1)OCS2. The quantitative estimate of drug-likeness (QED) is 0.791. The van der Waals surface area contributed by atoms with Crippen molar-refractivity contribution in [1.82, 2.24) is 0 Å². The minimum atomic E-state index is -0.0825. The molecule has 4 heteroatoms. The van der Waals surface area contributed by atoms with Crippen LogP contribution < -0.4 is 9.47 Å². The van der Waals surface area contributed by atoms with Gasteiger partial charge in [-0.25, -0.2) is 0 Å². The van der Waals surface area contributed by atoms with Gasteiger partial charge < -0.3 is 14.2 Å². The molecule has 16 heavy (non-hydrogen) atoms. The van der Waals surface area contributed by atoms with Crippen molar-refractivity contribution in [2.45, 2.75) is 30.4 Å². The van der Waals surface area contributed by atoms with Crippen LogP contribution in [0, 0.1) is 0 Å². The Kier molecular flexibility index (Phi) is 2.93. The highest BCUT2D eigenvalue weighted by molar-refractivity contribution is 7.99. The highest BCUT2D eigenvalue weighted by Crippen LogP contribution is 2.38. The molecule has 0 bridgehead atoms. The molecule has 86 valence electrons. The molecule has 1 unspecified atom stereocenters.